The lowest BCUT2D eigenvalue weighted by atomic mass is 9.97. The van der Waals surface area contributed by atoms with Crippen LogP contribution >= 0.6 is 11.3 Å². The highest BCUT2D eigenvalue weighted by Crippen LogP contribution is 2.37. The number of rotatable bonds is 6. The summed E-state index contributed by atoms with van der Waals surface area (Å²) in [5, 5.41) is 0.655. The minimum atomic E-state index is -3.15. The number of ether oxygens (including phenoxy) is 1. The molecule has 6 nitrogen and oxygen atoms in total. The standard InChI is InChI=1S/C22H25N3O3S2/c1-30(26,27)24-16-12-17-8-9-18(13-16)25(17)14-15-6-10-19(11-7-15)28-22-23-20-4-2-3-5-21(20)29-22/h2-7,10-11,16-18,24H,8-9,12-14H2,1H3/t16?,17-,18?/m1/s1. The van der Waals surface area contributed by atoms with E-state index in [4.69, 9.17) is 4.74 Å². The first kappa shape index (κ1) is 19.9. The summed E-state index contributed by atoms with van der Waals surface area (Å²) in [5.41, 5.74) is 2.21. The Morgan fingerprint density at radius 3 is 2.47 bits per heavy atom. The number of hydrogen-bond donors (Lipinski definition) is 1. The fourth-order valence-electron chi connectivity index (χ4n) is 4.80. The van der Waals surface area contributed by atoms with Crippen molar-refractivity contribution in [3.8, 4) is 10.9 Å². The number of aromatic nitrogens is 1. The first-order valence-corrected chi connectivity index (χ1v) is 13.0. The van der Waals surface area contributed by atoms with Gasteiger partial charge in [0.05, 0.1) is 16.5 Å². The van der Waals surface area contributed by atoms with Crippen LogP contribution in [0.25, 0.3) is 10.2 Å². The molecular weight excluding hydrogens is 418 g/mol. The van der Waals surface area contributed by atoms with E-state index in [-0.39, 0.29) is 6.04 Å². The first-order chi connectivity index (χ1) is 14.4. The molecule has 5 rings (SSSR count). The van der Waals surface area contributed by atoms with E-state index in [1.165, 1.54) is 11.8 Å². The van der Waals surface area contributed by atoms with Gasteiger partial charge in [-0.15, -0.1) is 0 Å². The van der Waals surface area contributed by atoms with Crippen molar-refractivity contribution in [3.63, 3.8) is 0 Å². The molecule has 3 aromatic rings. The van der Waals surface area contributed by atoms with E-state index < -0.39 is 10.0 Å². The van der Waals surface area contributed by atoms with Crippen LogP contribution in [0.3, 0.4) is 0 Å². The monoisotopic (exact) mass is 443 g/mol. The highest BCUT2D eigenvalue weighted by atomic mass is 32.2. The summed E-state index contributed by atoms with van der Waals surface area (Å²) in [5.74, 6) is 0.789. The topological polar surface area (TPSA) is 71.5 Å². The van der Waals surface area contributed by atoms with Gasteiger partial charge in [0.1, 0.15) is 5.75 Å². The van der Waals surface area contributed by atoms with E-state index in [0.717, 1.165) is 48.2 Å². The molecule has 1 N–H and O–H groups in total. The molecule has 2 aliphatic heterocycles. The predicted octanol–water partition coefficient (Wildman–Crippen LogP) is 4.13. The number of piperidine rings is 1. The Bertz CT molecular complexity index is 1100. The molecule has 2 fully saturated rings. The smallest absolute Gasteiger partial charge is 0.279 e. The van der Waals surface area contributed by atoms with Crippen LogP contribution in [0.2, 0.25) is 0 Å². The average Bonchev–Trinajstić information content (AvgIpc) is 3.19. The van der Waals surface area contributed by atoms with Gasteiger partial charge in [0.15, 0.2) is 0 Å². The molecule has 3 heterocycles. The lowest BCUT2D eigenvalue weighted by molar-refractivity contribution is 0.116. The van der Waals surface area contributed by atoms with Gasteiger partial charge in [-0.3, -0.25) is 4.90 Å². The van der Waals surface area contributed by atoms with Gasteiger partial charge < -0.3 is 4.74 Å². The zero-order chi connectivity index (χ0) is 20.7. The van der Waals surface area contributed by atoms with Gasteiger partial charge in [-0.25, -0.2) is 18.1 Å². The Balaban J connectivity index is 1.22. The fraction of sp³-hybridized carbons (Fsp3) is 0.409. The Hall–Kier alpha value is -2.00. The van der Waals surface area contributed by atoms with Crippen molar-refractivity contribution < 1.29 is 13.2 Å². The van der Waals surface area contributed by atoms with Gasteiger partial charge >= 0.3 is 0 Å². The molecule has 2 unspecified atom stereocenters. The zero-order valence-electron chi connectivity index (χ0n) is 16.8. The number of thiazole rings is 1. The number of nitrogens with one attached hydrogen (secondary N) is 1. The van der Waals surface area contributed by atoms with E-state index >= 15 is 0 Å². The molecule has 0 saturated carbocycles. The molecule has 2 saturated heterocycles. The van der Waals surface area contributed by atoms with Crippen LogP contribution in [0.1, 0.15) is 31.2 Å². The highest BCUT2D eigenvalue weighted by Gasteiger charge is 2.41. The van der Waals surface area contributed by atoms with Crippen molar-refractivity contribution in [3.05, 3.63) is 54.1 Å². The van der Waals surface area contributed by atoms with Crippen LogP contribution in [-0.2, 0) is 16.6 Å². The quantitative estimate of drug-likeness (QED) is 0.620. The lowest BCUT2D eigenvalue weighted by Gasteiger charge is -2.39. The molecule has 0 radical (unpaired) electrons. The SMILES string of the molecule is CS(=O)(=O)NC1CC2CC[C@H](C1)N2Cc1ccc(Oc2nc3ccccc3s2)cc1. The van der Waals surface area contributed by atoms with Crippen molar-refractivity contribution in [2.24, 2.45) is 0 Å². The average molecular weight is 444 g/mol. The van der Waals surface area contributed by atoms with Gasteiger partial charge in [-0.05, 0) is 55.5 Å². The molecule has 1 aromatic heterocycles. The Morgan fingerprint density at radius 1 is 1.10 bits per heavy atom. The maximum absolute atomic E-state index is 11.6. The Labute approximate surface area is 180 Å². The van der Waals surface area contributed by atoms with Gasteiger partial charge in [-0.1, -0.05) is 35.6 Å². The molecular formula is C22H25N3O3S2. The molecule has 3 atom stereocenters. The molecule has 30 heavy (non-hydrogen) atoms. The van der Waals surface area contributed by atoms with Crippen LogP contribution in [0.4, 0.5) is 0 Å². The summed E-state index contributed by atoms with van der Waals surface area (Å²) >= 11 is 1.55. The maximum Gasteiger partial charge on any atom is 0.279 e. The summed E-state index contributed by atoms with van der Waals surface area (Å²) in [6, 6.07) is 17.2. The largest absolute Gasteiger partial charge is 0.431 e. The minimum Gasteiger partial charge on any atom is -0.431 e. The summed E-state index contributed by atoms with van der Waals surface area (Å²) in [4.78, 5) is 7.07. The molecule has 0 spiro atoms. The second-order valence-electron chi connectivity index (χ2n) is 8.31. The molecule has 158 valence electrons. The van der Waals surface area contributed by atoms with Crippen molar-refractivity contribution in [2.45, 2.75) is 50.4 Å². The second kappa shape index (κ2) is 7.92. The van der Waals surface area contributed by atoms with Gasteiger partial charge in [0.25, 0.3) is 5.19 Å². The number of nitrogens with zero attached hydrogens (tertiary/aromatic N) is 2. The predicted molar refractivity (Wildman–Crippen MR) is 119 cm³/mol. The summed E-state index contributed by atoms with van der Waals surface area (Å²) in [6.45, 7) is 0.891. The van der Waals surface area contributed by atoms with Crippen molar-refractivity contribution in [1.82, 2.24) is 14.6 Å². The molecule has 2 aliphatic rings. The van der Waals surface area contributed by atoms with Crippen molar-refractivity contribution in [2.75, 3.05) is 6.26 Å². The third-order valence-corrected chi connectivity index (χ3v) is 7.71. The molecule has 0 amide bonds. The van der Waals surface area contributed by atoms with Gasteiger partial charge in [-0.2, -0.15) is 0 Å². The van der Waals surface area contributed by atoms with E-state index in [1.807, 2.05) is 36.4 Å². The van der Waals surface area contributed by atoms with E-state index in [2.05, 4.69) is 26.7 Å². The van der Waals surface area contributed by atoms with Crippen LogP contribution in [0.15, 0.2) is 48.5 Å². The highest BCUT2D eigenvalue weighted by molar-refractivity contribution is 7.88. The lowest BCUT2D eigenvalue weighted by Crippen LogP contribution is -2.49. The van der Waals surface area contributed by atoms with Crippen LogP contribution < -0.4 is 9.46 Å². The fourth-order valence-corrected chi connectivity index (χ4v) is 6.43. The van der Waals surface area contributed by atoms with Crippen LogP contribution in [0, 0.1) is 0 Å². The Kier molecular flexibility index (Phi) is 5.26. The molecule has 8 heteroatoms. The first-order valence-electron chi connectivity index (χ1n) is 10.3. The van der Waals surface area contributed by atoms with Gasteiger partial charge in [0, 0.05) is 24.7 Å². The molecule has 2 bridgehead atoms. The van der Waals surface area contributed by atoms with E-state index in [0.29, 0.717) is 17.3 Å². The second-order valence-corrected chi connectivity index (χ2v) is 11.1. The van der Waals surface area contributed by atoms with E-state index in [1.54, 1.807) is 11.3 Å². The zero-order valence-corrected chi connectivity index (χ0v) is 18.5. The molecule has 2 aromatic carbocycles. The number of para-hydroxylation sites is 1. The third kappa shape index (κ3) is 4.37. The summed E-state index contributed by atoms with van der Waals surface area (Å²) in [7, 11) is -3.15. The van der Waals surface area contributed by atoms with Crippen LogP contribution in [-0.4, -0.2) is 42.7 Å². The van der Waals surface area contributed by atoms with Crippen LogP contribution in [0.5, 0.6) is 10.9 Å². The normalized spacial score (nSPS) is 24.4. The third-order valence-electron chi connectivity index (χ3n) is 6.03. The van der Waals surface area contributed by atoms with Crippen molar-refractivity contribution in [1.29, 1.82) is 0 Å². The minimum absolute atomic E-state index is 0.0679. The number of fused-ring (bicyclic) bond motifs is 3. The number of benzene rings is 2. The summed E-state index contributed by atoms with van der Waals surface area (Å²) in [6.07, 6.45) is 5.32. The summed E-state index contributed by atoms with van der Waals surface area (Å²) < 4.78 is 33.0. The number of hydrogen-bond acceptors (Lipinski definition) is 6. The van der Waals surface area contributed by atoms with Gasteiger partial charge in [0.2, 0.25) is 10.0 Å². The maximum atomic E-state index is 11.6. The Morgan fingerprint density at radius 2 is 1.80 bits per heavy atom. The number of sulfonamides is 1. The molecule has 0 aliphatic carbocycles. The van der Waals surface area contributed by atoms with E-state index in [9.17, 15) is 8.42 Å². The van der Waals surface area contributed by atoms with Crippen molar-refractivity contribution >= 4 is 31.6 Å².